The molecule has 0 amide bonds. The number of aryl methyl sites for hydroxylation is 3. The van der Waals surface area contributed by atoms with Gasteiger partial charge in [0.15, 0.2) is 5.78 Å². The predicted molar refractivity (Wildman–Crippen MR) is 176 cm³/mol. The van der Waals surface area contributed by atoms with E-state index in [1.165, 1.54) is 40.8 Å². The summed E-state index contributed by atoms with van der Waals surface area (Å²) >= 11 is 0. The molecule has 10 heteroatoms. The molecule has 0 saturated heterocycles. The van der Waals surface area contributed by atoms with E-state index in [9.17, 15) is 14.7 Å². The Kier molecular flexibility index (Phi) is 9.37. The molecular formula is C36H42FN5O4. The van der Waals surface area contributed by atoms with Gasteiger partial charge >= 0.3 is 0 Å². The third-order valence-corrected chi connectivity index (χ3v) is 9.26. The minimum absolute atomic E-state index is 0.146. The van der Waals surface area contributed by atoms with Gasteiger partial charge in [-0.3, -0.25) is 9.59 Å². The Morgan fingerprint density at radius 1 is 1.13 bits per heavy atom. The van der Waals surface area contributed by atoms with Crippen LogP contribution in [0.1, 0.15) is 58.6 Å². The van der Waals surface area contributed by atoms with Crippen LogP contribution in [0.4, 0.5) is 15.9 Å². The average Bonchev–Trinajstić information content (AvgIpc) is 3.43. The van der Waals surface area contributed by atoms with Crippen LogP contribution in [0.2, 0.25) is 0 Å². The second kappa shape index (κ2) is 13.6. The number of hydrogen-bond acceptors (Lipinski definition) is 7. The fraction of sp³-hybridized carbons (Fsp3) is 0.417. The van der Waals surface area contributed by atoms with Crippen LogP contribution in [-0.4, -0.2) is 57.2 Å². The maximum Gasteiger partial charge on any atom is 0.274 e. The minimum atomic E-state index is -0.436. The number of halogens is 1. The number of likely N-dealkylation sites (N-methyl/N-ethyl adjacent to an activating group) is 1. The van der Waals surface area contributed by atoms with Crippen LogP contribution in [0.3, 0.4) is 0 Å². The summed E-state index contributed by atoms with van der Waals surface area (Å²) in [5.41, 5.74) is 5.79. The van der Waals surface area contributed by atoms with Crippen LogP contribution in [0.5, 0.6) is 5.75 Å². The molecule has 1 unspecified atom stereocenters. The highest BCUT2D eigenvalue weighted by Crippen LogP contribution is 2.34. The van der Waals surface area contributed by atoms with Crippen molar-refractivity contribution < 1.29 is 19.0 Å². The second-order valence-electron chi connectivity index (χ2n) is 12.7. The van der Waals surface area contributed by atoms with Gasteiger partial charge in [-0.2, -0.15) is 0 Å². The quantitative estimate of drug-likeness (QED) is 0.233. The normalized spacial score (nSPS) is 16.0. The fourth-order valence-electron chi connectivity index (χ4n) is 6.79. The topological polar surface area (TPSA) is 102 Å². The molecule has 242 valence electrons. The lowest BCUT2D eigenvalue weighted by Crippen LogP contribution is -2.27. The molecule has 1 aliphatic heterocycles. The van der Waals surface area contributed by atoms with E-state index >= 15 is 4.39 Å². The van der Waals surface area contributed by atoms with Gasteiger partial charge in [-0.1, -0.05) is 0 Å². The van der Waals surface area contributed by atoms with Gasteiger partial charge in [0.2, 0.25) is 0 Å². The number of nitrogens with zero attached hydrogens (tertiary/aromatic N) is 4. The van der Waals surface area contributed by atoms with E-state index in [4.69, 9.17) is 4.74 Å². The highest BCUT2D eigenvalue weighted by molar-refractivity contribution is 5.97. The molecule has 1 aliphatic carbocycles. The van der Waals surface area contributed by atoms with Crippen molar-refractivity contribution in [3.05, 3.63) is 93.0 Å². The number of rotatable bonds is 11. The number of ether oxygens (including phenoxy) is 1. The molecule has 6 rings (SSSR count). The Labute approximate surface area is 268 Å². The first-order valence-electron chi connectivity index (χ1n) is 16.1. The predicted octanol–water partition coefficient (Wildman–Crippen LogP) is 5.28. The number of anilines is 2. The van der Waals surface area contributed by atoms with E-state index < -0.39 is 5.82 Å². The molecule has 2 aliphatic rings. The van der Waals surface area contributed by atoms with Gasteiger partial charge in [0.25, 0.3) is 5.56 Å². The molecule has 0 radical (unpaired) electrons. The number of carbonyl (C=O) groups excluding carboxylic acids is 1. The highest BCUT2D eigenvalue weighted by atomic mass is 19.1. The molecule has 4 aromatic rings. The maximum absolute atomic E-state index is 15.1. The van der Waals surface area contributed by atoms with Gasteiger partial charge in [-0.25, -0.2) is 9.37 Å². The number of benzene rings is 1. The third kappa shape index (κ3) is 6.64. The Balaban J connectivity index is 1.21. The van der Waals surface area contributed by atoms with Gasteiger partial charge in [0.1, 0.15) is 29.7 Å². The molecule has 9 nitrogen and oxygen atoms in total. The molecule has 0 saturated carbocycles. The van der Waals surface area contributed by atoms with Crippen molar-refractivity contribution >= 4 is 17.3 Å². The molecule has 1 aromatic carbocycles. The monoisotopic (exact) mass is 627 g/mol. The zero-order valence-electron chi connectivity index (χ0n) is 26.8. The Morgan fingerprint density at radius 2 is 1.96 bits per heavy atom. The summed E-state index contributed by atoms with van der Waals surface area (Å²) in [4.78, 5) is 33.0. The molecule has 3 aromatic heterocycles. The van der Waals surface area contributed by atoms with Gasteiger partial charge in [0, 0.05) is 43.5 Å². The average molecular weight is 628 g/mol. The number of aromatic nitrogens is 3. The zero-order valence-corrected chi connectivity index (χ0v) is 26.8. The molecule has 46 heavy (non-hydrogen) atoms. The lowest BCUT2D eigenvalue weighted by Gasteiger charge is -2.26. The largest absolute Gasteiger partial charge is 0.491 e. The first-order valence-corrected chi connectivity index (χ1v) is 16.1. The van der Waals surface area contributed by atoms with E-state index in [-0.39, 0.29) is 29.6 Å². The molecule has 4 heterocycles. The van der Waals surface area contributed by atoms with Crippen LogP contribution in [0.25, 0.3) is 11.1 Å². The number of pyridine rings is 2. The van der Waals surface area contributed by atoms with Crippen molar-refractivity contribution in [2.75, 3.05) is 32.6 Å². The Hall–Kier alpha value is -4.28. The summed E-state index contributed by atoms with van der Waals surface area (Å²) < 4.78 is 24.5. The molecular weight excluding hydrogens is 585 g/mol. The van der Waals surface area contributed by atoms with Gasteiger partial charge < -0.3 is 29.2 Å². The number of ketones is 1. The van der Waals surface area contributed by atoms with Gasteiger partial charge in [-0.15, -0.1) is 0 Å². The van der Waals surface area contributed by atoms with Gasteiger partial charge in [0.05, 0.1) is 18.5 Å². The number of fused-ring (bicyclic) bond motifs is 3. The molecule has 1 atom stereocenters. The molecule has 0 bridgehead atoms. The standard InChI is InChI=1S/C36H42FN5O4/c1-40(2)14-15-46-28-10-11-34(38-20-28)39-31-17-26(21-41(3)36(31)45)29-19-27(37)16-24(30(29)22-43)9-8-23-12-13-42-32-7-5-4-6-25(32)18-33(42)35(23)44/h10-11,16-21,23,43H,4-9,12-15,22H2,1-3H3,(H,38,39). The van der Waals surface area contributed by atoms with E-state index in [2.05, 4.69) is 20.9 Å². The van der Waals surface area contributed by atoms with Crippen molar-refractivity contribution in [2.45, 2.75) is 58.1 Å². The maximum atomic E-state index is 15.1. The van der Waals surface area contributed by atoms with Crippen LogP contribution in [0.15, 0.2) is 53.6 Å². The number of aliphatic hydroxyl groups excluding tert-OH is 1. The van der Waals surface area contributed by atoms with Crippen molar-refractivity contribution in [1.82, 2.24) is 19.0 Å². The summed E-state index contributed by atoms with van der Waals surface area (Å²) in [5, 5.41) is 13.6. The smallest absolute Gasteiger partial charge is 0.274 e. The molecule has 0 fully saturated rings. The van der Waals surface area contributed by atoms with Crippen LogP contribution >= 0.6 is 0 Å². The first kappa shape index (κ1) is 31.7. The zero-order chi connectivity index (χ0) is 32.4. The Bertz CT molecular complexity index is 1790. The minimum Gasteiger partial charge on any atom is -0.491 e. The first-order chi connectivity index (χ1) is 22.2. The second-order valence-corrected chi connectivity index (χ2v) is 12.7. The number of aliphatic hydroxyl groups is 1. The summed E-state index contributed by atoms with van der Waals surface area (Å²) in [5.74, 6) is 0.664. The number of Topliss-reactive ketones (excluding diaryl/α,β-unsaturated/α-hetero) is 1. The van der Waals surface area contributed by atoms with E-state index in [0.717, 1.165) is 38.0 Å². The lowest BCUT2D eigenvalue weighted by molar-refractivity contribution is 0.0869. The van der Waals surface area contributed by atoms with Crippen LogP contribution < -0.4 is 15.6 Å². The number of nitrogens with one attached hydrogen (secondary N) is 1. The lowest BCUT2D eigenvalue weighted by atomic mass is 9.86. The van der Waals surface area contributed by atoms with Crippen molar-refractivity contribution in [2.24, 2.45) is 13.0 Å². The van der Waals surface area contributed by atoms with Crippen molar-refractivity contribution in [3.8, 4) is 16.9 Å². The van der Waals surface area contributed by atoms with Crippen LogP contribution in [0, 0.1) is 11.7 Å². The Morgan fingerprint density at radius 3 is 2.72 bits per heavy atom. The fourth-order valence-corrected chi connectivity index (χ4v) is 6.79. The van der Waals surface area contributed by atoms with Gasteiger partial charge in [-0.05, 0) is 118 Å². The number of hydrogen-bond donors (Lipinski definition) is 2. The van der Waals surface area contributed by atoms with E-state index in [0.29, 0.717) is 53.3 Å². The summed E-state index contributed by atoms with van der Waals surface area (Å²) in [6.07, 6.45) is 9.45. The number of carbonyl (C=O) groups is 1. The highest BCUT2D eigenvalue weighted by Gasteiger charge is 2.31. The SMILES string of the molecule is CN(C)CCOc1ccc(Nc2cc(-c3cc(F)cc(CCC4CCn5c(cc6c5CCCC6)C4=O)c3CO)cn(C)c2=O)nc1. The summed E-state index contributed by atoms with van der Waals surface area (Å²) in [7, 11) is 5.58. The van der Waals surface area contributed by atoms with E-state index in [1.54, 1.807) is 37.6 Å². The van der Waals surface area contributed by atoms with Crippen LogP contribution in [-0.2, 0) is 39.5 Å². The summed E-state index contributed by atoms with van der Waals surface area (Å²) in [6.45, 7) is 1.83. The molecule has 0 spiro atoms. The third-order valence-electron chi connectivity index (χ3n) is 9.26. The van der Waals surface area contributed by atoms with Crippen molar-refractivity contribution in [1.29, 1.82) is 0 Å². The summed E-state index contributed by atoms with van der Waals surface area (Å²) in [6, 6.07) is 10.1. The molecule has 2 N–H and O–H groups in total. The van der Waals surface area contributed by atoms with E-state index in [1.807, 2.05) is 19.0 Å². The van der Waals surface area contributed by atoms with Crippen molar-refractivity contribution in [3.63, 3.8) is 0 Å².